The van der Waals surface area contributed by atoms with Gasteiger partial charge >= 0.3 is 6.03 Å². The van der Waals surface area contributed by atoms with Crippen LogP contribution in [0.25, 0.3) is 11.0 Å². The number of benzene rings is 1. The lowest BCUT2D eigenvalue weighted by atomic mass is 9.97. The number of aryl methyl sites for hydroxylation is 2. The molecule has 120 valence electrons. The van der Waals surface area contributed by atoms with Gasteiger partial charge in [-0.15, -0.1) is 0 Å². The Morgan fingerprint density at radius 2 is 2.00 bits per heavy atom. The van der Waals surface area contributed by atoms with Crippen molar-refractivity contribution in [1.29, 1.82) is 0 Å². The third kappa shape index (κ3) is 4.23. The van der Waals surface area contributed by atoms with Crippen LogP contribution >= 0.6 is 0 Å². The SMILES string of the molecule is Cc1nc2cc(CCNC(=O)NCC(C)(C)C)ccc2n1C. The molecule has 0 aliphatic carbocycles. The average Bonchev–Trinajstić information content (AvgIpc) is 2.71. The molecule has 0 bridgehead atoms. The first kappa shape index (κ1) is 16.3. The highest BCUT2D eigenvalue weighted by molar-refractivity contribution is 5.77. The maximum atomic E-state index is 11.7. The van der Waals surface area contributed by atoms with Gasteiger partial charge in [-0.2, -0.15) is 0 Å². The van der Waals surface area contributed by atoms with Crippen LogP contribution in [0.15, 0.2) is 18.2 Å². The van der Waals surface area contributed by atoms with Crippen LogP contribution < -0.4 is 10.6 Å². The Balaban J connectivity index is 1.86. The fraction of sp³-hybridized carbons (Fsp3) is 0.529. The van der Waals surface area contributed by atoms with Gasteiger partial charge in [0, 0.05) is 20.1 Å². The molecule has 0 saturated heterocycles. The lowest BCUT2D eigenvalue weighted by Crippen LogP contribution is -2.40. The third-order valence-corrected chi connectivity index (χ3v) is 3.65. The fourth-order valence-electron chi connectivity index (χ4n) is 2.25. The molecule has 2 aromatic rings. The van der Waals surface area contributed by atoms with Gasteiger partial charge in [0.2, 0.25) is 0 Å². The first-order chi connectivity index (χ1) is 10.3. The molecular weight excluding hydrogens is 276 g/mol. The second kappa shape index (κ2) is 6.38. The number of hydrogen-bond acceptors (Lipinski definition) is 2. The normalized spacial score (nSPS) is 11.7. The Hall–Kier alpha value is -2.04. The highest BCUT2D eigenvalue weighted by atomic mass is 16.2. The molecule has 0 spiro atoms. The summed E-state index contributed by atoms with van der Waals surface area (Å²) in [5, 5.41) is 5.78. The molecule has 0 fully saturated rings. The van der Waals surface area contributed by atoms with E-state index in [0.717, 1.165) is 23.3 Å². The second-order valence-electron chi connectivity index (χ2n) is 6.96. The Labute approximate surface area is 132 Å². The highest BCUT2D eigenvalue weighted by Crippen LogP contribution is 2.16. The topological polar surface area (TPSA) is 59.0 Å². The van der Waals surface area contributed by atoms with Gasteiger partial charge in [-0.3, -0.25) is 0 Å². The molecule has 5 nitrogen and oxygen atoms in total. The van der Waals surface area contributed by atoms with Gasteiger partial charge in [0.25, 0.3) is 0 Å². The van der Waals surface area contributed by atoms with Gasteiger partial charge in [-0.1, -0.05) is 26.8 Å². The highest BCUT2D eigenvalue weighted by Gasteiger charge is 2.11. The summed E-state index contributed by atoms with van der Waals surface area (Å²) >= 11 is 0. The van der Waals surface area contributed by atoms with E-state index in [9.17, 15) is 4.79 Å². The molecule has 2 N–H and O–H groups in total. The molecule has 0 aliphatic rings. The van der Waals surface area contributed by atoms with Crippen molar-refractivity contribution in [2.75, 3.05) is 13.1 Å². The largest absolute Gasteiger partial charge is 0.338 e. The van der Waals surface area contributed by atoms with Gasteiger partial charge in [0.15, 0.2) is 0 Å². The maximum Gasteiger partial charge on any atom is 0.314 e. The van der Waals surface area contributed by atoms with Crippen molar-refractivity contribution in [3.8, 4) is 0 Å². The summed E-state index contributed by atoms with van der Waals surface area (Å²) in [6.07, 6.45) is 0.800. The van der Waals surface area contributed by atoms with Crippen molar-refractivity contribution in [1.82, 2.24) is 20.2 Å². The first-order valence-corrected chi connectivity index (χ1v) is 7.70. The summed E-state index contributed by atoms with van der Waals surface area (Å²) in [5.74, 6) is 1.01. The van der Waals surface area contributed by atoms with Crippen LogP contribution in [0.1, 0.15) is 32.2 Å². The van der Waals surface area contributed by atoms with Crippen molar-refractivity contribution < 1.29 is 4.79 Å². The van der Waals surface area contributed by atoms with Gasteiger partial charge in [-0.05, 0) is 36.5 Å². The zero-order chi connectivity index (χ0) is 16.3. The van der Waals surface area contributed by atoms with Crippen molar-refractivity contribution in [2.45, 2.75) is 34.1 Å². The molecule has 0 radical (unpaired) electrons. The van der Waals surface area contributed by atoms with E-state index < -0.39 is 0 Å². The van der Waals surface area contributed by atoms with E-state index in [4.69, 9.17) is 0 Å². The fourth-order valence-corrected chi connectivity index (χ4v) is 2.25. The first-order valence-electron chi connectivity index (χ1n) is 7.70. The monoisotopic (exact) mass is 302 g/mol. The van der Waals surface area contributed by atoms with Crippen LogP contribution in [0.3, 0.4) is 0 Å². The minimum Gasteiger partial charge on any atom is -0.338 e. The van der Waals surface area contributed by atoms with Crippen molar-refractivity contribution in [3.63, 3.8) is 0 Å². The summed E-state index contributed by atoms with van der Waals surface area (Å²) in [6, 6.07) is 6.17. The van der Waals surface area contributed by atoms with Gasteiger partial charge in [0.1, 0.15) is 5.82 Å². The molecule has 0 saturated carbocycles. The molecule has 1 aromatic carbocycles. The summed E-state index contributed by atoms with van der Waals surface area (Å²) in [6.45, 7) is 9.57. The average molecular weight is 302 g/mol. The van der Waals surface area contributed by atoms with Crippen LogP contribution in [0, 0.1) is 12.3 Å². The lowest BCUT2D eigenvalue weighted by molar-refractivity contribution is 0.235. The predicted molar refractivity (Wildman–Crippen MR) is 90.0 cm³/mol. The Morgan fingerprint density at radius 3 is 2.68 bits per heavy atom. The zero-order valence-corrected chi connectivity index (χ0v) is 14.2. The van der Waals surface area contributed by atoms with E-state index in [1.165, 1.54) is 5.56 Å². The summed E-state index contributed by atoms with van der Waals surface area (Å²) in [4.78, 5) is 16.2. The molecule has 2 amide bonds. The lowest BCUT2D eigenvalue weighted by Gasteiger charge is -2.18. The molecule has 0 aliphatic heterocycles. The molecule has 2 rings (SSSR count). The number of nitrogens with one attached hydrogen (secondary N) is 2. The number of urea groups is 1. The molecule has 1 heterocycles. The molecule has 5 heteroatoms. The van der Waals surface area contributed by atoms with Crippen molar-refractivity contribution >= 4 is 17.1 Å². The summed E-state index contributed by atoms with van der Waals surface area (Å²) in [5.41, 5.74) is 3.42. The van der Waals surface area contributed by atoms with Gasteiger partial charge in [0.05, 0.1) is 11.0 Å². The minimum absolute atomic E-state index is 0.0964. The number of rotatable bonds is 4. The molecule has 1 aromatic heterocycles. The quantitative estimate of drug-likeness (QED) is 0.912. The number of nitrogens with zero attached hydrogens (tertiary/aromatic N) is 2. The standard InChI is InChI=1S/C17H26N4O/c1-12-20-14-10-13(6-7-15(14)21(12)5)8-9-18-16(22)19-11-17(2,3)4/h6-7,10H,8-9,11H2,1-5H3,(H2,18,19,22). The van der Waals surface area contributed by atoms with Gasteiger partial charge < -0.3 is 15.2 Å². The zero-order valence-electron chi connectivity index (χ0n) is 14.2. The van der Waals surface area contributed by atoms with Crippen LogP contribution in [-0.4, -0.2) is 28.7 Å². The molecule has 22 heavy (non-hydrogen) atoms. The van der Waals surface area contributed by atoms with Crippen LogP contribution in [0.4, 0.5) is 4.79 Å². The van der Waals surface area contributed by atoms with E-state index in [-0.39, 0.29) is 11.4 Å². The predicted octanol–water partition coefficient (Wildman–Crippen LogP) is 2.77. The van der Waals surface area contributed by atoms with E-state index in [0.29, 0.717) is 13.1 Å². The van der Waals surface area contributed by atoms with Crippen LogP contribution in [-0.2, 0) is 13.5 Å². The summed E-state index contributed by atoms with van der Waals surface area (Å²) < 4.78 is 2.08. The molecule has 0 unspecified atom stereocenters. The molecular formula is C17H26N4O. The van der Waals surface area contributed by atoms with Crippen LogP contribution in [0.5, 0.6) is 0 Å². The number of amides is 2. The summed E-state index contributed by atoms with van der Waals surface area (Å²) in [7, 11) is 2.02. The Kier molecular flexibility index (Phi) is 4.74. The number of aromatic nitrogens is 2. The Morgan fingerprint density at radius 1 is 1.27 bits per heavy atom. The third-order valence-electron chi connectivity index (χ3n) is 3.65. The number of carbonyl (C=O) groups is 1. The number of carbonyl (C=O) groups excluding carboxylic acids is 1. The van der Waals surface area contributed by atoms with Crippen LogP contribution in [0.2, 0.25) is 0 Å². The number of fused-ring (bicyclic) bond motifs is 1. The van der Waals surface area contributed by atoms with E-state index in [1.807, 2.05) is 14.0 Å². The molecule has 0 atom stereocenters. The van der Waals surface area contributed by atoms with Gasteiger partial charge in [-0.25, -0.2) is 9.78 Å². The smallest absolute Gasteiger partial charge is 0.314 e. The number of hydrogen-bond donors (Lipinski definition) is 2. The van der Waals surface area contributed by atoms with Crippen molar-refractivity contribution in [2.24, 2.45) is 12.5 Å². The van der Waals surface area contributed by atoms with E-state index in [2.05, 4.69) is 59.2 Å². The van der Waals surface area contributed by atoms with Crippen molar-refractivity contribution in [3.05, 3.63) is 29.6 Å². The van der Waals surface area contributed by atoms with E-state index in [1.54, 1.807) is 0 Å². The number of imidazole rings is 1. The maximum absolute atomic E-state index is 11.7. The minimum atomic E-state index is -0.107. The second-order valence-corrected chi connectivity index (χ2v) is 6.96. The Bertz CT molecular complexity index is 667. The van der Waals surface area contributed by atoms with E-state index >= 15 is 0 Å².